The first kappa shape index (κ1) is 18.5. The molecule has 2 fully saturated rings. The highest BCUT2D eigenvalue weighted by Crippen LogP contribution is 2.39. The normalized spacial score (nSPS) is 20.9. The number of nitrogens with zero attached hydrogens (tertiary/aromatic N) is 1. The Labute approximate surface area is 165 Å². The van der Waals surface area contributed by atoms with Crippen LogP contribution in [0.1, 0.15) is 46.7 Å². The summed E-state index contributed by atoms with van der Waals surface area (Å²) in [5, 5.41) is 3.25. The van der Waals surface area contributed by atoms with E-state index in [1.165, 1.54) is 0 Å². The van der Waals surface area contributed by atoms with Crippen molar-refractivity contribution < 1.29 is 14.3 Å². The number of likely N-dealkylation sites (tertiary alicyclic amines) is 1. The molecule has 2 aromatic rings. The quantitative estimate of drug-likeness (QED) is 0.892. The summed E-state index contributed by atoms with van der Waals surface area (Å²) in [6.07, 6.45) is 2.39. The minimum Gasteiger partial charge on any atom is -0.497 e. The third-order valence-electron chi connectivity index (χ3n) is 6.17. The molecule has 4 rings (SSSR count). The Kier molecular flexibility index (Phi) is 4.84. The first-order chi connectivity index (χ1) is 13.5. The zero-order chi connectivity index (χ0) is 19.7. The number of carbonyl (C=O) groups excluding carboxylic acids is 2. The van der Waals surface area contributed by atoms with Gasteiger partial charge < -0.3 is 15.0 Å². The Morgan fingerprint density at radius 2 is 1.86 bits per heavy atom. The molecule has 2 saturated heterocycles. The van der Waals surface area contributed by atoms with Gasteiger partial charge in [-0.15, -0.1) is 0 Å². The second kappa shape index (κ2) is 7.30. The van der Waals surface area contributed by atoms with Gasteiger partial charge in [0, 0.05) is 24.2 Å². The Morgan fingerprint density at radius 1 is 1.14 bits per heavy atom. The van der Waals surface area contributed by atoms with E-state index in [0.29, 0.717) is 13.1 Å². The highest BCUT2D eigenvalue weighted by molar-refractivity contribution is 5.96. The standard InChI is InChI=1S/C23H26N2O3/c1-16-14-18(28-2)8-9-19(16)22(27)25-12-10-23(11-13-25)15-20(21(26)24-23)17-6-4-3-5-7-17/h3-9,14,20H,10-13,15H2,1-2H3,(H,24,26)/t20-/m1/s1. The van der Waals surface area contributed by atoms with Crippen LogP contribution in [0, 0.1) is 6.92 Å². The predicted molar refractivity (Wildman–Crippen MR) is 108 cm³/mol. The van der Waals surface area contributed by atoms with Crippen LogP contribution in [0.5, 0.6) is 5.75 Å². The van der Waals surface area contributed by atoms with Crippen molar-refractivity contribution in [2.45, 2.75) is 37.6 Å². The topological polar surface area (TPSA) is 58.6 Å². The van der Waals surface area contributed by atoms with E-state index in [9.17, 15) is 9.59 Å². The van der Waals surface area contributed by atoms with Gasteiger partial charge in [-0.1, -0.05) is 30.3 Å². The number of rotatable bonds is 3. The third kappa shape index (κ3) is 3.37. The molecule has 2 amide bonds. The molecule has 0 radical (unpaired) electrons. The van der Waals surface area contributed by atoms with Gasteiger partial charge in [0.15, 0.2) is 0 Å². The summed E-state index contributed by atoms with van der Waals surface area (Å²) >= 11 is 0. The first-order valence-electron chi connectivity index (χ1n) is 9.82. The fourth-order valence-electron chi connectivity index (χ4n) is 4.48. The first-order valence-corrected chi connectivity index (χ1v) is 9.82. The summed E-state index contributed by atoms with van der Waals surface area (Å²) in [6.45, 7) is 3.25. The monoisotopic (exact) mass is 378 g/mol. The largest absolute Gasteiger partial charge is 0.497 e. The molecule has 1 spiro atoms. The third-order valence-corrected chi connectivity index (χ3v) is 6.17. The van der Waals surface area contributed by atoms with E-state index < -0.39 is 0 Å². The summed E-state index contributed by atoms with van der Waals surface area (Å²) in [5.41, 5.74) is 2.52. The lowest BCUT2D eigenvalue weighted by molar-refractivity contribution is -0.121. The second-order valence-corrected chi connectivity index (χ2v) is 7.91. The van der Waals surface area contributed by atoms with Gasteiger partial charge in [0.1, 0.15) is 5.75 Å². The van der Waals surface area contributed by atoms with Gasteiger partial charge in [0.05, 0.1) is 13.0 Å². The predicted octanol–water partition coefficient (Wildman–Crippen LogP) is 3.28. The van der Waals surface area contributed by atoms with Crippen LogP contribution in [0.15, 0.2) is 48.5 Å². The number of nitrogens with one attached hydrogen (secondary N) is 1. The Balaban J connectivity index is 1.43. The SMILES string of the molecule is COc1ccc(C(=O)N2CCC3(CC2)C[C@H](c2ccccc2)C(=O)N3)c(C)c1. The van der Waals surface area contributed by atoms with Crippen LogP contribution in [-0.2, 0) is 4.79 Å². The maximum atomic E-state index is 13.0. The molecule has 1 atom stereocenters. The average Bonchev–Trinajstić information content (AvgIpc) is 3.04. The zero-order valence-corrected chi connectivity index (χ0v) is 16.4. The molecule has 2 aliphatic rings. The Bertz CT molecular complexity index is 886. The summed E-state index contributed by atoms with van der Waals surface area (Å²) in [4.78, 5) is 27.5. The van der Waals surface area contributed by atoms with Crippen molar-refractivity contribution in [1.29, 1.82) is 0 Å². The van der Waals surface area contributed by atoms with Crippen LogP contribution in [0.25, 0.3) is 0 Å². The lowest BCUT2D eigenvalue weighted by atomic mass is 9.81. The fraction of sp³-hybridized carbons (Fsp3) is 0.391. The molecule has 2 aliphatic heterocycles. The number of hydrogen-bond donors (Lipinski definition) is 1. The van der Waals surface area contributed by atoms with E-state index in [0.717, 1.165) is 41.7 Å². The van der Waals surface area contributed by atoms with Crippen molar-refractivity contribution in [3.8, 4) is 5.75 Å². The van der Waals surface area contributed by atoms with Crippen LogP contribution in [0.4, 0.5) is 0 Å². The van der Waals surface area contributed by atoms with E-state index in [1.807, 2.05) is 60.4 Å². The lowest BCUT2D eigenvalue weighted by Crippen LogP contribution is -2.52. The second-order valence-electron chi connectivity index (χ2n) is 7.91. The number of carbonyl (C=O) groups is 2. The van der Waals surface area contributed by atoms with Gasteiger partial charge in [-0.3, -0.25) is 9.59 Å². The van der Waals surface area contributed by atoms with Gasteiger partial charge in [0.2, 0.25) is 5.91 Å². The van der Waals surface area contributed by atoms with Crippen molar-refractivity contribution >= 4 is 11.8 Å². The lowest BCUT2D eigenvalue weighted by Gasteiger charge is -2.39. The van der Waals surface area contributed by atoms with Gasteiger partial charge in [-0.2, -0.15) is 0 Å². The van der Waals surface area contributed by atoms with E-state index in [4.69, 9.17) is 4.74 Å². The van der Waals surface area contributed by atoms with Crippen molar-refractivity contribution in [2.75, 3.05) is 20.2 Å². The highest BCUT2D eigenvalue weighted by atomic mass is 16.5. The zero-order valence-electron chi connectivity index (χ0n) is 16.4. The molecule has 2 aromatic carbocycles. The van der Waals surface area contributed by atoms with Gasteiger partial charge >= 0.3 is 0 Å². The van der Waals surface area contributed by atoms with E-state index in [1.54, 1.807) is 7.11 Å². The highest BCUT2D eigenvalue weighted by Gasteiger charge is 2.46. The molecule has 146 valence electrons. The summed E-state index contributed by atoms with van der Waals surface area (Å²) in [6, 6.07) is 15.5. The van der Waals surface area contributed by atoms with Crippen molar-refractivity contribution in [3.63, 3.8) is 0 Å². The molecule has 1 N–H and O–H groups in total. The van der Waals surface area contributed by atoms with Crippen molar-refractivity contribution in [3.05, 3.63) is 65.2 Å². The van der Waals surface area contributed by atoms with Crippen molar-refractivity contribution in [1.82, 2.24) is 10.2 Å². The maximum absolute atomic E-state index is 13.0. The molecule has 0 unspecified atom stereocenters. The Morgan fingerprint density at radius 3 is 2.50 bits per heavy atom. The average molecular weight is 378 g/mol. The molecule has 0 bridgehead atoms. The number of benzene rings is 2. The van der Waals surface area contributed by atoms with Crippen LogP contribution in [-0.4, -0.2) is 42.5 Å². The molecule has 0 aromatic heterocycles. The van der Waals surface area contributed by atoms with E-state index in [-0.39, 0.29) is 23.3 Å². The number of ether oxygens (including phenoxy) is 1. The molecular weight excluding hydrogens is 352 g/mol. The molecule has 5 heteroatoms. The molecule has 28 heavy (non-hydrogen) atoms. The Hall–Kier alpha value is -2.82. The summed E-state index contributed by atoms with van der Waals surface area (Å²) in [5.74, 6) is 0.829. The molecule has 2 heterocycles. The molecule has 0 saturated carbocycles. The maximum Gasteiger partial charge on any atom is 0.254 e. The number of amides is 2. The number of methoxy groups -OCH3 is 1. The van der Waals surface area contributed by atoms with Crippen LogP contribution >= 0.6 is 0 Å². The van der Waals surface area contributed by atoms with Gasteiger partial charge in [-0.05, 0) is 55.5 Å². The van der Waals surface area contributed by atoms with Crippen LogP contribution in [0.2, 0.25) is 0 Å². The van der Waals surface area contributed by atoms with E-state index in [2.05, 4.69) is 5.32 Å². The summed E-state index contributed by atoms with van der Waals surface area (Å²) < 4.78 is 5.23. The smallest absolute Gasteiger partial charge is 0.254 e. The molecule has 5 nitrogen and oxygen atoms in total. The fourth-order valence-corrected chi connectivity index (χ4v) is 4.48. The molecule has 0 aliphatic carbocycles. The number of piperidine rings is 1. The number of hydrogen-bond acceptors (Lipinski definition) is 3. The minimum atomic E-state index is -0.191. The minimum absolute atomic E-state index is 0.0546. The van der Waals surface area contributed by atoms with Crippen LogP contribution in [0.3, 0.4) is 0 Å². The van der Waals surface area contributed by atoms with Crippen molar-refractivity contribution in [2.24, 2.45) is 0 Å². The van der Waals surface area contributed by atoms with Gasteiger partial charge in [0.25, 0.3) is 5.91 Å². The molecular formula is C23H26N2O3. The van der Waals surface area contributed by atoms with Gasteiger partial charge in [-0.25, -0.2) is 0 Å². The summed E-state index contributed by atoms with van der Waals surface area (Å²) in [7, 11) is 1.62. The van der Waals surface area contributed by atoms with Crippen LogP contribution < -0.4 is 10.1 Å². The van der Waals surface area contributed by atoms with E-state index >= 15 is 0 Å². The number of aryl methyl sites for hydroxylation is 1.